The number of aromatic nitrogens is 2. The van der Waals surface area contributed by atoms with Crippen LogP contribution in [0.4, 0.5) is 5.82 Å². The summed E-state index contributed by atoms with van der Waals surface area (Å²) in [5.74, 6) is 0.753. The first-order chi connectivity index (χ1) is 8.74. The summed E-state index contributed by atoms with van der Waals surface area (Å²) in [6, 6.07) is 0.300. The molecule has 0 radical (unpaired) electrons. The number of nitrogens with two attached hydrogens (primary N) is 1. The Bertz CT molecular complexity index is 424. The van der Waals surface area contributed by atoms with Gasteiger partial charge in [0.1, 0.15) is 10.7 Å². The minimum Gasteiger partial charge on any atom is -0.396 e. The number of rotatable bonds is 4. The number of anilines is 1. The first kappa shape index (κ1) is 13.2. The molecule has 0 aliphatic carbocycles. The van der Waals surface area contributed by atoms with Crippen molar-refractivity contribution in [2.24, 2.45) is 5.73 Å². The molecule has 1 atom stereocenters. The van der Waals surface area contributed by atoms with Gasteiger partial charge in [0.25, 0.3) is 0 Å². The lowest BCUT2D eigenvalue weighted by Gasteiger charge is -2.37. The fourth-order valence-electron chi connectivity index (χ4n) is 2.44. The molecule has 5 nitrogen and oxygen atoms in total. The van der Waals surface area contributed by atoms with Crippen molar-refractivity contribution < 1.29 is 5.11 Å². The van der Waals surface area contributed by atoms with Gasteiger partial charge >= 0.3 is 0 Å². The van der Waals surface area contributed by atoms with Gasteiger partial charge in [-0.1, -0.05) is 12.2 Å². The molecule has 1 unspecified atom stereocenters. The molecule has 0 saturated carbocycles. The van der Waals surface area contributed by atoms with Gasteiger partial charge in [0.05, 0.1) is 0 Å². The van der Waals surface area contributed by atoms with Crippen LogP contribution in [-0.4, -0.2) is 39.3 Å². The fourth-order valence-corrected chi connectivity index (χ4v) is 2.59. The molecule has 0 spiro atoms. The highest BCUT2D eigenvalue weighted by molar-refractivity contribution is 7.80. The fraction of sp³-hybridized carbons (Fsp3) is 0.583. The van der Waals surface area contributed by atoms with Gasteiger partial charge in [0.15, 0.2) is 5.82 Å². The number of hydrogen-bond donors (Lipinski definition) is 2. The summed E-state index contributed by atoms with van der Waals surface area (Å²) in [6.45, 7) is 1.10. The van der Waals surface area contributed by atoms with E-state index in [2.05, 4.69) is 14.9 Å². The maximum atomic E-state index is 9.15. The lowest BCUT2D eigenvalue weighted by Crippen LogP contribution is -2.42. The van der Waals surface area contributed by atoms with Gasteiger partial charge in [-0.15, -0.1) is 0 Å². The van der Waals surface area contributed by atoms with Crippen LogP contribution in [0.1, 0.15) is 31.4 Å². The van der Waals surface area contributed by atoms with Crippen molar-refractivity contribution in [3.05, 3.63) is 18.1 Å². The van der Waals surface area contributed by atoms with Gasteiger partial charge in [-0.2, -0.15) is 0 Å². The zero-order chi connectivity index (χ0) is 13.0. The summed E-state index contributed by atoms with van der Waals surface area (Å²) >= 11 is 5.02. The predicted molar refractivity (Wildman–Crippen MR) is 74.6 cm³/mol. The molecule has 18 heavy (non-hydrogen) atoms. The first-order valence-corrected chi connectivity index (χ1v) is 6.63. The Morgan fingerprint density at radius 3 is 2.94 bits per heavy atom. The molecule has 6 heteroatoms. The summed E-state index contributed by atoms with van der Waals surface area (Å²) in [6.07, 6.45) is 7.37. The molecule has 0 bridgehead atoms. The van der Waals surface area contributed by atoms with E-state index in [1.165, 1.54) is 6.42 Å². The molecule has 1 aromatic rings. The van der Waals surface area contributed by atoms with Crippen LogP contribution in [0.25, 0.3) is 0 Å². The number of aliphatic hydroxyl groups is 1. The Labute approximate surface area is 112 Å². The zero-order valence-electron chi connectivity index (χ0n) is 10.2. The Hall–Kier alpha value is -1.27. The van der Waals surface area contributed by atoms with Crippen molar-refractivity contribution in [2.45, 2.75) is 31.7 Å². The van der Waals surface area contributed by atoms with Crippen molar-refractivity contribution >= 4 is 23.0 Å². The first-order valence-electron chi connectivity index (χ1n) is 6.22. The minimum absolute atomic E-state index is 0.184. The summed E-state index contributed by atoms with van der Waals surface area (Å²) < 4.78 is 0. The number of piperidine rings is 1. The van der Waals surface area contributed by atoms with Crippen LogP contribution in [0.3, 0.4) is 0 Å². The molecule has 98 valence electrons. The lowest BCUT2D eigenvalue weighted by molar-refractivity contribution is 0.262. The highest BCUT2D eigenvalue weighted by atomic mass is 32.1. The molecule has 1 saturated heterocycles. The third-order valence-electron chi connectivity index (χ3n) is 3.27. The van der Waals surface area contributed by atoms with Gasteiger partial charge in [0.2, 0.25) is 0 Å². The molecule has 3 N–H and O–H groups in total. The highest BCUT2D eigenvalue weighted by Crippen LogP contribution is 2.26. The Kier molecular flexibility index (Phi) is 4.43. The van der Waals surface area contributed by atoms with Crippen LogP contribution >= 0.6 is 12.2 Å². The van der Waals surface area contributed by atoms with E-state index < -0.39 is 0 Å². The van der Waals surface area contributed by atoms with E-state index in [1.54, 1.807) is 12.4 Å². The van der Waals surface area contributed by atoms with Gasteiger partial charge < -0.3 is 15.7 Å². The van der Waals surface area contributed by atoms with Gasteiger partial charge in [0, 0.05) is 31.6 Å². The van der Waals surface area contributed by atoms with E-state index in [0.717, 1.165) is 31.6 Å². The molecule has 1 fully saturated rings. The van der Waals surface area contributed by atoms with Crippen LogP contribution in [0.2, 0.25) is 0 Å². The maximum absolute atomic E-state index is 9.15. The summed E-state index contributed by atoms with van der Waals surface area (Å²) in [5.41, 5.74) is 6.27. The number of hydrogen-bond acceptors (Lipinski definition) is 5. The second-order valence-corrected chi connectivity index (χ2v) is 4.89. The Balaban J connectivity index is 2.30. The molecule has 1 aromatic heterocycles. The van der Waals surface area contributed by atoms with Crippen molar-refractivity contribution in [1.29, 1.82) is 0 Å². The van der Waals surface area contributed by atoms with Crippen LogP contribution < -0.4 is 10.6 Å². The molecule has 0 amide bonds. The average Bonchev–Trinajstić information content (AvgIpc) is 2.40. The van der Waals surface area contributed by atoms with E-state index >= 15 is 0 Å². The largest absolute Gasteiger partial charge is 0.396 e. The Morgan fingerprint density at radius 2 is 2.22 bits per heavy atom. The third kappa shape index (κ3) is 2.76. The summed E-state index contributed by atoms with van der Waals surface area (Å²) in [5, 5.41) is 9.15. The van der Waals surface area contributed by atoms with E-state index in [0.29, 0.717) is 11.7 Å². The van der Waals surface area contributed by atoms with Crippen molar-refractivity contribution in [3.63, 3.8) is 0 Å². The van der Waals surface area contributed by atoms with Crippen molar-refractivity contribution in [1.82, 2.24) is 9.97 Å². The molecular formula is C12H18N4OS. The standard InChI is InChI=1S/C12H18N4OS/c13-11(18)10-12(15-6-5-14-10)16-7-2-1-3-9(16)4-8-17/h5-6,9,17H,1-4,7-8H2,(H2,13,18). The van der Waals surface area contributed by atoms with E-state index in [-0.39, 0.29) is 11.6 Å². The van der Waals surface area contributed by atoms with E-state index in [9.17, 15) is 0 Å². The van der Waals surface area contributed by atoms with Gasteiger partial charge in [-0.05, 0) is 25.7 Å². The molecule has 1 aliphatic rings. The second-order valence-electron chi connectivity index (χ2n) is 4.45. The quantitative estimate of drug-likeness (QED) is 0.787. The highest BCUT2D eigenvalue weighted by Gasteiger charge is 2.25. The monoisotopic (exact) mass is 266 g/mol. The minimum atomic E-state index is 0.184. The molecule has 0 aromatic carbocycles. The van der Waals surface area contributed by atoms with Crippen molar-refractivity contribution in [2.75, 3.05) is 18.1 Å². The smallest absolute Gasteiger partial charge is 0.157 e. The van der Waals surface area contributed by atoms with Crippen molar-refractivity contribution in [3.8, 4) is 0 Å². The molecule has 1 aliphatic heterocycles. The molecular weight excluding hydrogens is 248 g/mol. The number of nitrogens with zero attached hydrogens (tertiary/aromatic N) is 3. The van der Waals surface area contributed by atoms with E-state index in [1.807, 2.05) is 0 Å². The zero-order valence-corrected chi connectivity index (χ0v) is 11.1. The average molecular weight is 266 g/mol. The number of aliphatic hydroxyl groups excluding tert-OH is 1. The summed E-state index contributed by atoms with van der Waals surface area (Å²) in [4.78, 5) is 11.0. The van der Waals surface area contributed by atoms with Crippen LogP contribution in [0, 0.1) is 0 Å². The molecule has 2 heterocycles. The second kappa shape index (κ2) is 6.06. The topological polar surface area (TPSA) is 75.3 Å². The van der Waals surface area contributed by atoms with Gasteiger partial charge in [-0.25, -0.2) is 9.97 Å². The van der Waals surface area contributed by atoms with Crippen LogP contribution in [0.15, 0.2) is 12.4 Å². The SMILES string of the molecule is NC(=S)c1nccnc1N1CCCCC1CCO. The lowest BCUT2D eigenvalue weighted by atomic mass is 9.99. The predicted octanol–water partition coefficient (Wildman–Crippen LogP) is 0.852. The van der Waals surface area contributed by atoms with E-state index in [4.69, 9.17) is 23.1 Å². The van der Waals surface area contributed by atoms with Gasteiger partial charge in [-0.3, -0.25) is 0 Å². The number of thiocarbonyl (C=S) groups is 1. The normalized spacial score (nSPS) is 19.8. The summed E-state index contributed by atoms with van der Waals surface area (Å²) in [7, 11) is 0. The van der Waals surface area contributed by atoms with Crippen LogP contribution in [0.5, 0.6) is 0 Å². The Morgan fingerprint density at radius 1 is 1.44 bits per heavy atom. The van der Waals surface area contributed by atoms with Crippen LogP contribution in [-0.2, 0) is 0 Å². The maximum Gasteiger partial charge on any atom is 0.157 e. The molecule has 2 rings (SSSR count). The third-order valence-corrected chi connectivity index (χ3v) is 3.47.